The third kappa shape index (κ3) is 4.40. The van der Waals surface area contributed by atoms with E-state index in [0.29, 0.717) is 37.4 Å². The molecule has 7 heteroatoms. The third-order valence-corrected chi connectivity index (χ3v) is 5.39. The van der Waals surface area contributed by atoms with E-state index in [4.69, 9.17) is 0 Å². The van der Waals surface area contributed by atoms with E-state index in [9.17, 15) is 14.4 Å². The summed E-state index contributed by atoms with van der Waals surface area (Å²) in [7, 11) is 0. The van der Waals surface area contributed by atoms with Gasteiger partial charge in [-0.2, -0.15) is 0 Å². The van der Waals surface area contributed by atoms with Gasteiger partial charge in [-0.1, -0.05) is 12.1 Å². The number of aryl methyl sites for hydroxylation is 1. The van der Waals surface area contributed by atoms with Gasteiger partial charge in [-0.05, 0) is 31.4 Å². The van der Waals surface area contributed by atoms with Crippen LogP contribution in [-0.2, 0) is 9.59 Å². The lowest BCUT2D eigenvalue weighted by Crippen LogP contribution is -2.51. The number of rotatable bonds is 4. The number of amides is 3. The van der Waals surface area contributed by atoms with Crippen LogP contribution in [0.4, 0.5) is 5.69 Å². The molecule has 0 spiro atoms. The summed E-state index contributed by atoms with van der Waals surface area (Å²) in [6.07, 6.45) is 2.09. The molecule has 2 heterocycles. The molecule has 2 aliphatic heterocycles. The van der Waals surface area contributed by atoms with Gasteiger partial charge in [-0.3, -0.25) is 14.4 Å². The molecule has 2 saturated heterocycles. The van der Waals surface area contributed by atoms with Crippen molar-refractivity contribution in [2.75, 3.05) is 51.1 Å². The highest BCUT2D eigenvalue weighted by atomic mass is 16.2. The molecule has 0 radical (unpaired) electrons. The number of hydrogen-bond donors (Lipinski definition) is 1. The number of hydrogen-bond acceptors (Lipinski definition) is 4. The molecule has 146 valence electrons. The van der Waals surface area contributed by atoms with Gasteiger partial charge in [0.2, 0.25) is 11.8 Å². The minimum atomic E-state index is -0.0146. The van der Waals surface area contributed by atoms with Crippen molar-refractivity contribution in [3.8, 4) is 0 Å². The smallest absolute Gasteiger partial charge is 0.256 e. The highest BCUT2D eigenvalue weighted by Gasteiger charge is 2.25. The van der Waals surface area contributed by atoms with Crippen LogP contribution in [0.5, 0.6) is 0 Å². The minimum absolute atomic E-state index is 0.0146. The lowest BCUT2D eigenvalue weighted by atomic mass is 10.0. The Morgan fingerprint density at radius 3 is 2.19 bits per heavy atom. The highest BCUT2D eigenvalue weighted by molar-refractivity contribution is 6.01. The van der Waals surface area contributed by atoms with Gasteiger partial charge in [0.15, 0.2) is 0 Å². The maximum absolute atomic E-state index is 12.9. The van der Waals surface area contributed by atoms with E-state index in [1.807, 2.05) is 30.0 Å². The third-order valence-electron chi connectivity index (χ3n) is 5.39. The van der Waals surface area contributed by atoms with E-state index in [2.05, 4.69) is 5.32 Å². The second-order valence-corrected chi connectivity index (χ2v) is 7.24. The van der Waals surface area contributed by atoms with Crippen molar-refractivity contribution in [3.05, 3.63) is 29.3 Å². The first kappa shape index (κ1) is 19.2. The van der Waals surface area contributed by atoms with E-state index in [1.54, 1.807) is 16.7 Å². The molecular formula is C20H28N4O3. The molecule has 0 atom stereocenters. The zero-order valence-corrected chi connectivity index (χ0v) is 16.2. The molecule has 2 fully saturated rings. The molecule has 3 rings (SSSR count). The maximum Gasteiger partial charge on any atom is 0.256 e. The molecule has 1 aromatic carbocycles. The summed E-state index contributed by atoms with van der Waals surface area (Å²) in [4.78, 5) is 42.2. The minimum Gasteiger partial charge on any atom is -0.375 e. The summed E-state index contributed by atoms with van der Waals surface area (Å²) in [5.74, 6) is 0.0694. The van der Waals surface area contributed by atoms with E-state index in [1.165, 1.54) is 0 Å². The van der Waals surface area contributed by atoms with Crippen LogP contribution in [0.3, 0.4) is 0 Å². The van der Waals surface area contributed by atoms with Crippen LogP contribution < -0.4 is 5.32 Å². The summed E-state index contributed by atoms with van der Waals surface area (Å²) in [6, 6.07) is 5.68. The first-order chi connectivity index (χ1) is 13.0. The molecule has 0 aromatic heterocycles. The van der Waals surface area contributed by atoms with Gasteiger partial charge in [0.25, 0.3) is 5.91 Å². The first-order valence-corrected chi connectivity index (χ1v) is 9.63. The number of likely N-dealkylation sites (tertiary alicyclic amines) is 1. The standard InChI is InChI=1S/C20H28N4O3/c1-15-6-5-7-17(19(15)20(27)24-8-3-4-9-24)21-14-18(26)23-12-10-22(11-13-23)16(2)25/h5-7,21H,3-4,8-14H2,1-2H3. The van der Waals surface area contributed by atoms with Crippen LogP contribution in [0.25, 0.3) is 0 Å². The van der Waals surface area contributed by atoms with Gasteiger partial charge in [0.05, 0.1) is 12.1 Å². The number of nitrogens with one attached hydrogen (secondary N) is 1. The molecule has 0 bridgehead atoms. The normalized spacial score (nSPS) is 17.2. The van der Waals surface area contributed by atoms with Gasteiger partial charge >= 0.3 is 0 Å². The second kappa shape index (κ2) is 8.41. The van der Waals surface area contributed by atoms with Crippen LogP contribution in [-0.4, -0.2) is 78.2 Å². The lowest BCUT2D eigenvalue weighted by molar-refractivity contribution is -0.137. The predicted octanol–water partition coefficient (Wildman–Crippen LogP) is 1.33. The SMILES string of the molecule is CC(=O)N1CCN(C(=O)CNc2cccc(C)c2C(=O)N2CCCC2)CC1. The Hall–Kier alpha value is -2.57. The molecule has 0 aliphatic carbocycles. The van der Waals surface area contributed by atoms with Crippen molar-refractivity contribution in [1.82, 2.24) is 14.7 Å². The molecule has 1 N–H and O–H groups in total. The van der Waals surface area contributed by atoms with Crippen LogP contribution in [0, 0.1) is 6.92 Å². The monoisotopic (exact) mass is 372 g/mol. The number of carbonyl (C=O) groups excluding carboxylic acids is 3. The van der Waals surface area contributed by atoms with Crippen molar-refractivity contribution in [2.45, 2.75) is 26.7 Å². The number of carbonyl (C=O) groups is 3. The lowest BCUT2D eigenvalue weighted by Gasteiger charge is -2.34. The number of nitrogens with zero attached hydrogens (tertiary/aromatic N) is 3. The van der Waals surface area contributed by atoms with E-state index < -0.39 is 0 Å². The fraction of sp³-hybridized carbons (Fsp3) is 0.550. The summed E-state index contributed by atoms with van der Waals surface area (Å²) >= 11 is 0. The van der Waals surface area contributed by atoms with Crippen LogP contribution in [0.15, 0.2) is 18.2 Å². The Morgan fingerprint density at radius 2 is 1.56 bits per heavy atom. The molecule has 1 aromatic rings. The molecule has 0 saturated carbocycles. The van der Waals surface area contributed by atoms with Crippen LogP contribution in [0.2, 0.25) is 0 Å². The number of piperazine rings is 1. The van der Waals surface area contributed by atoms with Crippen LogP contribution >= 0.6 is 0 Å². The topological polar surface area (TPSA) is 73.0 Å². The van der Waals surface area contributed by atoms with Gasteiger partial charge in [-0.25, -0.2) is 0 Å². The zero-order chi connectivity index (χ0) is 19.4. The van der Waals surface area contributed by atoms with Crippen molar-refractivity contribution < 1.29 is 14.4 Å². The van der Waals surface area contributed by atoms with Crippen molar-refractivity contribution in [3.63, 3.8) is 0 Å². The van der Waals surface area contributed by atoms with E-state index in [0.717, 1.165) is 31.5 Å². The van der Waals surface area contributed by atoms with Crippen LogP contribution in [0.1, 0.15) is 35.7 Å². The Bertz CT molecular complexity index is 720. The van der Waals surface area contributed by atoms with E-state index >= 15 is 0 Å². The summed E-state index contributed by atoms with van der Waals surface area (Å²) < 4.78 is 0. The number of benzene rings is 1. The molecule has 3 amide bonds. The molecule has 27 heavy (non-hydrogen) atoms. The summed E-state index contributed by atoms with van der Waals surface area (Å²) in [5.41, 5.74) is 2.29. The average Bonchev–Trinajstić information content (AvgIpc) is 3.20. The fourth-order valence-electron chi connectivity index (χ4n) is 3.73. The molecule has 2 aliphatic rings. The molecule has 7 nitrogen and oxygen atoms in total. The first-order valence-electron chi connectivity index (χ1n) is 9.63. The van der Waals surface area contributed by atoms with Crippen molar-refractivity contribution >= 4 is 23.4 Å². The summed E-state index contributed by atoms with van der Waals surface area (Å²) in [6.45, 7) is 7.46. The molecular weight excluding hydrogens is 344 g/mol. The Labute approximate surface area is 160 Å². The Morgan fingerprint density at radius 1 is 0.926 bits per heavy atom. The second-order valence-electron chi connectivity index (χ2n) is 7.24. The van der Waals surface area contributed by atoms with Gasteiger partial charge < -0.3 is 20.0 Å². The fourth-order valence-corrected chi connectivity index (χ4v) is 3.73. The largest absolute Gasteiger partial charge is 0.375 e. The zero-order valence-electron chi connectivity index (χ0n) is 16.2. The van der Waals surface area contributed by atoms with Gasteiger partial charge in [0, 0.05) is 51.9 Å². The average molecular weight is 372 g/mol. The number of anilines is 1. The van der Waals surface area contributed by atoms with Gasteiger partial charge in [0.1, 0.15) is 0 Å². The van der Waals surface area contributed by atoms with Crippen molar-refractivity contribution in [2.24, 2.45) is 0 Å². The van der Waals surface area contributed by atoms with E-state index in [-0.39, 0.29) is 24.3 Å². The van der Waals surface area contributed by atoms with Gasteiger partial charge in [-0.15, -0.1) is 0 Å². The summed E-state index contributed by atoms with van der Waals surface area (Å²) in [5, 5.41) is 3.17. The quantitative estimate of drug-likeness (QED) is 0.866. The highest BCUT2D eigenvalue weighted by Crippen LogP contribution is 2.23. The Balaban J connectivity index is 1.62. The maximum atomic E-state index is 12.9. The molecule has 0 unspecified atom stereocenters. The Kier molecular flexibility index (Phi) is 5.98. The van der Waals surface area contributed by atoms with Crippen molar-refractivity contribution in [1.29, 1.82) is 0 Å². The predicted molar refractivity (Wildman–Crippen MR) is 104 cm³/mol.